The number of rotatable bonds is 2. The molecular weight excluding hydrogens is 298 g/mol. The Morgan fingerprint density at radius 2 is 1.74 bits per heavy atom. The summed E-state index contributed by atoms with van der Waals surface area (Å²) in [5.74, 6) is 1.28. The number of benzene rings is 2. The van der Waals surface area contributed by atoms with Crippen LogP contribution in [0.15, 0.2) is 30.3 Å². The van der Waals surface area contributed by atoms with E-state index in [4.69, 9.17) is 10.2 Å². The zero-order valence-electron chi connectivity index (χ0n) is 15.0. The molecule has 2 N–H and O–H groups in total. The van der Waals surface area contributed by atoms with Crippen molar-refractivity contribution in [3.05, 3.63) is 47.0 Å². The molecule has 1 atom stereocenters. The lowest BCUT2D eigenvalue weighted by Crippen LogP contribution is -2.19. The summed E-state index contributed by atoms with van der Waals surface area (Å²) in [4.78, 5) is 0. The van der Waals surface area contributed by atoms with Gasteiger partial charge in [0, 0.05) is 11.5 Å². The van der Waals surface area contributed by atoms with E-state index in [0.29, 0.717) is 5.92 Å². The fraction of sp³-hybridized carbons (Fsp3) is 0.400. The largest absolute Gasteiger partial charge is 0.545 e. The standard InChI is InChI=1S/C20H27NOSi/c1-12-13-9-7-8-10-14(13)15-11-16(20(2,3)4)18(21)19(17(12)15)22-23(5)6/h7-12,23H,21H2,1-6H3. The maximum Gasteiger partial charge on any atom is 0.229 e. The number of anilines is 1. The van der Waals surface area contributed by atoms with Crippen LogP contribution in [0.3, 0.4) is 0 Å². The van der Waals surface area contributed by atoms with Gasteiger partial charge in [-0.1, -0.05) is 52.0 Å². The van der Waals surface area contributed by atoms with Gasteiger partial charge >= 0.3 is 0 Å². The van der Waals surface area contributed by atoms with Gasteiger partial charge in [-0.2, -0.15) is 0 Å². The van der Waals surface area contributed by atoms with Gasteiger partial charge in [-0.05, 0) is 46.8 Å². The van der Waals surface area contributed by atoms with Gasteiger partial charge in [0.25, 0.3) is 0 Å². The van der Waals surface area contributed by atoms with Gasteiger partial charge in [0.05, 0.1) is 5.69 Å². The minimum atomic E-state index is -1.24. The molecule has 0 fully saturated rings. The van der Waals surface area contributed by atoms with Crippen LogP contribution in [-0.4, -0.2) is 9.04 Å². The Balaban J connectivity index is 2.34. The molecule has 3 rings (SSSR count). The molecule has 1 aliphatic carbocycles. The fourth-order valence-electron chi connectivity index (χ4n) is 3.60. The SMILES string of the molecule is CC1c2ccccc2-c2cc(C(C)(C)C)c(N)c(O[SiH](C)C)c21. The third-order valence-corrected chi connectivity index (χ3v) is 5.38. The van der Waals surface area contributed by atoms with Crippen molar-refractivity contribution in [2.75, 3.05) is 5.73 Å². The van der Waals surface area contributed by atoms with E-state index in [1.807, 2.05) is 0 Å². The molecule has 2 nitrogen and oxygen atoms in total. The van der Waals surface area contributed by atoms with E-state index in [1.54, 1.807) is 0 Å². The van der Waals surface area contributed by atoms with Crippen molar-refractivity contribution < 1.29 is 4.43 Å². The van der Waals surface area contributed by atoms with Crippen molar-refractivity contribution in [2.45, 2.75) is 52.1 Å². The number of hydrogen-bond donors (Lipinski definition) is 1. The van der Waals surface area contributed by atoms with E-state index in [9.17, 15) is 0 Å². The van der Waals surface area contributed by atoms with Crippen molar-refractivity contribution in [3.63, 3.8) is 0 Å². The van der Waals surface area contributed by atoms with Crippen LogP contribution in [0.4, 0.5) is 5.69 Å². The molecule has 0 spiro atoms. The lowest BCUT2D eigenvalue weighted by molar-refractivity contribution is 0.558. The second-order valence-electron chi connectivity index (χ2n) is 7.85. The second-order valence-corrected chi connectivity index (χ2v) is 10.2. The summed E-state index contributed by atoms with van der Waals surface area (Å²) in [5, 5.41) is 0. The number of nitrogen functional groups attached to an aromatic ring is 1. The predicted molar refractivity (Wildman–Crippen MR) is 102 cm³/mol. The molecule has 0 amide bonds. The Morgan fingerprint density at radius 3 is 2.35 bits per heavy atom. The van der Waals surface area contributed by atoms with Crippen LogP contribution < -0.4 is 10.2 Å². The van der Waals surface area contributed by atoms with Crippen LogP contribution in [0.1, 0.15) is 50.3 Å². The molecule has 0 saturated carbocycles. The number of fused-ring (bicyclic) bond motifs is 3. The Labute approximate surface area is 141 Å². The first-order valence-corrected chi connectivity index (χ1v) is 11.2. The van der Waals surface area contributed by atoms with Gasteiger partial charge in [-0.25, -0.2) is 0 Å². The Morgan fingerprint density at radius 1 is 1.09 bits per heavy atom. The molecule has 0 heterocycles. The molecule has 2 aromatic rings. The van der Waals surface area contributed by atoms with Crippen molar-refractivity contribution in [2.24, 2.45) is 0 Å². The zero-order chi connectivity index (χ0) is 16.9. The maximum atomic E-state index is 6.59. The number of hydrogen-bond acceptors (Lipinski definition) is 2. The minimum Gasteiger partial charge on any atom is -0.545 e. The highest BCUT2D eigenvalue weighted by atomic mass is 28.3. The first-order chi connectivity index (χ1) is 10.7. The van der Waals surface area contributed by atoms with Crippen LogP contribution in [0.5, 0.6) is 5.75 Å². The van der Waals surface area contributed by atoms with Crippen LogP contribution in [0.2, 0.25) is 13.1 Å². The summed E-state index contributed by atoms with van der Waals surface area (Å²) in [6.07, 6.45) is 0. The second kappa shape index (κ2) is 5.41. The van der Waals surface area contributed by atoms with E-state index < -0.39 is 9.04 Å². The molecule has 0 saturated heterocycles. The highest BCUT2D eigenvalue weighted by molar-refractivity contribution is 6.49. The third kappa shape index (κ3) is 2.57. The molecule has 0 bridgehead atoms. The van der Waals surface area contributed by atoms with E-state index >= 15 is 0 Å². The minimum absolute atomic E-state index is 0.00344. The molecular formula is C20H27NOSi. The van der Waals surface area contributed by atoms with Gasteiger partial charge in [0.2, 0.25) is 9.04 Å². The lowest BCUT2D eigenvalue weighted by Gasteiger charge is -2.27. The van der Waals surface area contributed by atoms with Crippen molar-refractivity contribution in [3.8, 4) is 16.9 Å². The van der Waals surface area contributed by atoms with E-state index in [2.05, 4.69) is 71.1 Å². The summed E-state index contributed by atoms with van der Waals surface area (Å²) in [6, 6.07) is 11.0. The lowest BCUT2D eigenvalue weighted by atomic mass is 9.82. The summed E-state index contributed by atoms with van der Waals surface area (Å²) in [6.45, 7) is 13.3. The van der Waals surface area contributed by atoms with Gasteiger partial charge in [-0.15, -0.1) is 0 Å². The van der Waals surface area contributed by atoms with Crippen LogP contribution in [0, 0.1) is 0 Å². The maximum absolute atomic E-state index is 6.59. The van der Waals surface area contributed by atoms with Crippen LogP contribution in [-0.2, 0) is 5.41 Å². The molecule has 1 unspecified atom stereocenters. The molecule has 122 valence electrons. The topological polar surface area (TPSA) is 35.2 Å². The van der Waals surface area contributed by atoms with Gasteiger partial charge < -0.3 is 10.2 Å². The van der Waals surface area contributed by atoms with Gasteiger partial charge in [0.15, 0.2) is 0 Å². The fourth-order valence-corrected chi connectivity index (χ4v) is 4.33. The quantitative estimate of drug-likeness (QED) is 0.618. The Hall–Kier alpha value is -1.74. The summed E-state index contributed by atoms with van der Waals surface area (Å²) in [7, 11) is -1.24. The monoisotopic (exact) mass is 325 g/mol. The predicted octanol–water partition coefficient (Wildman–Crippen LogP) is 5.06. The molecule has 1 aliphatic rings. The van der Waals surface area contributed by atoms with E-state index in [1.165, 1.54) is 27.8 Å². The van der Waals surface area contributed by atoms with E-state index in [-0.39, 0.29) is 5.41 Å². The van der Waals surface area contributed by atoms with Gasteiger partial charge in [-0.3, -0.25) is 0 Å². The van der Waals surface area contributed by atoms with Crippen LogP contribution in [0.25, 0.3) is 11.1 Å². The zero-order valence-corrected chi connectivity index (χ0v) is 16.2. The van der Waals surface area contributed by atoms with Crippen LogP contribution >= 0.6 is 0 Å². The molecule has 2 aromatic carbocycles. The van der Waals surface area contributed by atoms with Gasteiger partial charge in [0.1, 0.15) is 5.75 Å². The molecule has 3 heteroatoms. The van der Waals surface area contributed by atoms with Crippen molar-refractivity contribution in [1.29, 1.82) is 0 Å². The summed E-state index contributed by atoms with van der Waals surface area (Å²) < 4.78 is 6.34. The first kappa shape index (κ1) is 16.1. The molecule has 0 aromatic heterocycles. The van der Waals surface area contributed by atoms with E-state index in [0.717, 1.165) is 11.4 Å². The first-order valence-electron chi connectivity index (χ1n) is 8.44. The average Bonchev–Trinajstić information content (AvgIpc) is 2.74. The summed E-state index contributed by atoms with van der Waals surface area (Å²) >= 11 is 0. The number of nitrogens with two attached hydrogens (primary N) is 1. The third-order valence-electron chi connectivity index (χ3n) is 4.67. The van der Waals surface area contributed by atoms with Crippen molar-refractivity contribution >= 4 is 14.7 Å². The average molecular weight is 326 g/mol. The Bertz CT molecular complexity index is 759. The molecule has 23 heavy (non-hydrogen) atoms. The molecule has 0 aliphatic heterocycles. The Kier molecular flexibility index (Phi) is 3.79. The smallest absolute Gasteiger partial charge is 0.229 e. The summed E-state index contributed by atoms with van der Waals surface area (Å²) in [5.41, 5.74) is 13.9. The van der Waals surface area contributed by atoms with Crippen molar-refractivity contribution in [1.82, 2.24) is 0 Å². The normalized spacial score (nSPS) is 16.4. The highest BCUT2D eigenvalue weighted by Gasteiger charge is 2.33. The molecule has 0 radical (unpaired) electrons. The highest BCUT2D eigenvalue weighted by Crippen LogP contribution is 2.53.